The Morgan fingerprint density at radius 1 is 1.35 bits per heavy atom. The van der Waals surface area contributed by atoms with E-state index in [0.29, 0.717) is 21.8 Å². The number of rotatable bonds is 6. The number of hydrogen-bond donors (Lipinski definition) is 1. The molecule has 2 heterocycles. The van der Waals surface area contributed by atoms with Gasteiger partial charge in [-0.2, -0.15) is 0 Å². The number of thiazole rings is 1. The number of aromatic nitrogens is 2. The first-order valence-corrected chi connectivity index (χ1v) is 9.99. The van der Waals surface area contributed by atoms with Crippen LogP contribution in [0.1, 0.15) is 38.3 Å². The molecule has 1 aliphatic carbocycles. The van der Waals surface area contributed by atoms with Crippen LogP contribution in [0.5, 0.6) is 0 Å². The van der Waals surface area contributed by atoms with Crippen molar-refractivity contribution in [2.45, 2.75) is 43.7 Å². The average molecular weight is 393 g/mol. The van der Waals surface area contributed by atoms with Gasteiger partial charge in [0.15, 0.2) is 5.13 Å². The number of carbonyl (C=O) groups is 1. The maximum Gasteiger partial charge on any atom is 0.375 e. The second kappa shape index (κ2) is 9.00. The van der Waals surface area contributed by atoms with Crippen LogP contribution in [-0.2, 0) is 13.8 Å². The highest BCUT2D eigenvalue weighted by molar-refractivity contribution is 7.95. The molecule has 3 rings (SSSR count). The third-order valence-electron chi connectivity index (χ3n) is 4.05. The topological polar surface area (TPSA) is 99.7 Å². The molecule has 7 nitrogen and oxygen atoms in total. The van der Waals surface area contributed by atoms with Crippen molar-refractivity contribution in [2.75, 3.05) is 5.73 Å². The van der Waals surface area contributed by atoms with E-state index in [1.54, 1.807) is 23.7 Å². The van der Waals surface area contributed by atoms with Gasteiger partial charge >= 0.3 is 5.97 Å². The van der Waals surface area contributed by atoms with Crippen molar-refractivity contribution in [3.63, 3.8) is 0 Å². The molecule has 2 N–H and O–H groups in total. The summed E-state index contributed by atoms with van der Waals surface area (Å²) in [6, 6.07) is 5.34. The van der Waals surface area contributed by atoms with Gasteiger partial charge in [0.05, 0.1) is 0 Å². The molecule has 0 unspecified atom stereocenters. The maximum absolute atomic E-state index is 12.5. The van der Waals surface area contributed by atoms with Crippen LogP contribution in [0.4, 0.5) is 5.13 Å². The third-order valence-corrected chi connectivity index (χ3v) is 5.38. The number of nitrogens with two attached hydrogens (primary N) is 1. The van der Waals surface area contributed by atoms with Gasteiger partial charge in [-0.1, -0.05) is 18.1 Å². The molecule has 0 amide bonds. The zero-order valence-electron chi connectivity index (χ0n) is 14.3. The van der Waals surface area contributed by atoms with E-state index in [-0.39, 0.29) is 11.8 Å². The van der Waals surface area contributed by atoms with E-state index in [2.05, 4.69) is 22.0 Å². The van der Waals surface area contributed by atoms with Gasteiger partial charge in [-0.15, -0.1) is 11.3 Å². The lowest BCUT2D eigenvalue weighted by molar-refractivity contribution is -0.126. The highest BCUT2D eigenvalue weighted by atomic mass is 32.2. The predicted molar refractivity (Wildman–Crippen MR) is 102 cm³/mol. The van der Waals surface area contributed by atoms with Crippen LogP contribution in [0.3, 0.4) is 0 Å². The van der Waals surface area contributed by atoms with Crippen molar-refractivity contribution in [2.24, 2.45) is 11.1 Å². The Morgan fingerprint density at radius 3 is 2.81 bits per heavy atom. The van der Waals surface area contributed by atoms with E-state index in [1.165, 1.54) is 11.3 Å². The lowest BCUT2D eigenvalue weighted by Crippen LogP contribution is -2.22. The van der Waals surface area contributed by atoms with E-state index in [0.717, 1.165) is 37.7 Å². The summed E-state index contributed by atoms with van der Waals surface area (Å²) in [7, 11) is 0. The van der Waals surface area contributed by atoms with Crippen LogP contribution >= 0.6 is 23.4 Å². The highest BCUT2D eigenvalue weighted by Gasteiger charge is 2.24. The molecule has 9 heteroatoms. The van der Waals surface area contributed by atoms with Gasteiger partial charge in [0.2, 0.25) is 5.71 Å². The Labute approximate surface area is 160 Å². The lowest BCUT2D eigenvalue weighted by atomic mass is 9.89. The summed E-state index contributed by atoms with van der Waals surface area (Å²) in [5.41, 5.74) is 6.04. The summed E-state index contributed by atoms with van der Waals surface area (Å²) in [5.74, 6) is 0.0616. The molecular formula is C17H20N4O3S2. The minimum Gasteiger partial charge on any atom is -0.392 e. The van der Waals surface area contributed by atoms with E-state index in [1.807, 2.05) is 6.07 Å². The van der Waals surface area contributed by atoms with Crippen molar-refractivity contribution in [3.05, 3.63) is 35.5 Å². The summed E-state index contributed by atoms with van der Waals surface area (Å²) < 4.78 is 5.24. The maximum atomic E-state index is 12.5. The first kappa shape index (κ1) is 18.7. The fourth-order valence-electron chi connectivity index (χ4n) is 2.56. The Bertz CT molecular complexity index is 758. The van der Waals surface area contributed by atoms with E-state index in [4.69, 9.17) is 14.8 Å². The second-order valence-electron chi connectivity index (χ2n) is 6.12. The normalized spacial score (nSPS) is 20.6. The standard InChI is InChI=1S/C17H20N4O3S2/c1-11-5-7-12(8-6-11)23-21-15(13-10-25-17(18)20-13)16(22)24-26-14-4-2-3-9-19-14/h2-4,9-12H,5-8H2,1H3,(H2,18,20)/b21-15-/t11-,12-. The van der Waals surface area contributed by atoms with Gasteiger partial charge in [-0.25, -0.2) is 14.8 Å². The van der Waals surface area contributed by atoms with Crippen LogP contribution in [0.25, 0.3) is 0 Å². The predicted octanol–water partition coefficient (Wildman–Crippen LogP) is 3.67. The van der Waals surface area contributed by atoms with Gasteiger partial charge in [-0.3, -0.25) is 0 Å². The highest BCUT2D eigenvalue weighted by Crippen LogP contribution is 2.26. The largest absolute Gasteiger partial charge is 0.392 e. The summed E-state index contributed by atoms with van der Waals surface area (Å²) in [6.07, 6.45) is 5.68. The van der Waals surface area contributed by atoms with E-state index >= 15 is 0 Å². The quantitative estimate of drug-likeness (QED) is 0.455. The molecule has 0 atom stereocenters. The van der Waals surface area contributed by atoms with Crippen molar-refractivity contribution < 1.29 is 13.8 Å². The summed E-state index contributed by atoms with van der Waals surface area (Å²) in [6.45, 7) is 2.23. The third kappa shape index (κ3) is 5.18. The number of oxime groups is 1. The Morgan fingerprint density at radius 2 is 2.15 bits per heavy atom. The fraction of sp³-hybridized carbons (Fsp3) is 0.412. The zero-order valence-corrected chi connectivity index (χ0v) is 16.0. The summed E-state index contributed by atoms with van der Waals surface area (Å²) >= 11 is 2.10. The molecular weight excluding hydrogens is 372 g/mol. The molecule has 1 aliphatic rings. The minimum absolute atomic E-state index is 0.00780. The monoisotopic (exact) mass is 392 g/mol. The first-order valence-electron chi connectivity index (χ1n) is 8.37. The van der Waals surface area contributed by atoms with Crippen LogP contribution in [-0.4, -0.2) is 27.8 Å². The molecule has 0 bridgehead atoms. The van der Waals surface area contributed by atoms with Gasteiger partial charge < -0.3 is 14.8 Å². The average Bonchev–Trinajstić information content (AvgIpc) is 3.08. The second-order valence-corrected chi connectivity index (χ2v) is 7.76. The molecule has 0 spiro atoms. The van der Waals surface area contributed by atoms with E-state index in [9.17, 15) is 4.79 Å². The van der Waals surface area contributed by atoms with Crippen LogP contribution in [0.15, 0.2) is 40.0 Å². The molecule has 1 saturated carbocycles. The molecule has 2 aromatic rings. The van der Waals surface area contributed by atoms with Crippen molar-refractivity contribution in [1.82, 2.24) is 9.97 Å². The van der Waals surface area contributed by atoms with Gasteiger partial charge in [0.25, 0.3) is 0 Å². The minimum atomic E-state index is -0.643. The molecule has 1 fully saturated rings. The number of hydrogen-bond acceptors (Lipinski definition) is 9. The molecule has 0 radical (unpaired) electrons. The first-order chi connectivity index (χ1) is 12.6. The Kier molecular flexibility index (Phi) is 6.45. The summed E-state index contributed by atoms with van der Waals surface area (Å²) in [5, 5.41) is 6.65. The zero-order chi connectivity index (χ0) is 18.4. The number of pyridine rings is 1. The summed E-state index contributed by atoms with van der Waals surface area (Å²) in [4.78, 5) is 26.3. The molecule has 0 aliphatic heterocycles. The van der Waals surface area contributed by atoms with Crippen molar-refractivity contribution in [1.29, 1.82) is 0 Å². The molecule has 0 saturated heterocycles. The van der Waals surface area contributed by atoms with Crippen LogP contribution < -0.4 is 5.73 Å². The molecule has 26 heavy (non-hydrogen) atoms. The number of carbonyl (C=O) groups excluding carboxylic acids is 1. The van der Waals surface area contributed by atoms with Gasteiger partial charge in [0, 0.05) is 11.6 Å². The molecule has 138 valence electrons. The Hall–Kier alpha value is -2.13. The SMILES string of the molecule is C[C@H]1CC[C@H](O/N=C(\C(=O)OSc2ccccn2)c2csc(N)n2)CC1. The number of nitrogens with zero attached hydrogens (tertiary/aromatic N) is 3. The molecule has 0 aromatic carbocycles. The van der Waals surface area contributed by atoms with Crippen LogP contribution in [0, 0.1) is 5.92 Å². The lowest BCUT2D eigenvalue weighted by Gasteiger charge is -2.24. The van der Waals surface area contributed by atoms with Crippen LogP contribution in [0.2, 0.25) is 0 Å². The van der Waals surface area contributed by atoms with Crippen molar-refractivity contribution >= 4 is 40.2 Å². The van der Waals surface area contributed by atoms with E-state index < -0.39 is 5.97 Å². The smallest absolute Gasteiger partial charge is 0.375 e. The van der Waals surface area contributed by atoms with Crippen molar-refractivity contribution in [3.8, 4) is 0 Å². The molecule has 2 aromatic heterocycles. The van der Waals surface area contributed by atoms with Gasteiger partial charge in [0.1, 0.15) is 28.9 Å². The van der Waals surface area contributed by atoms with Gasteiger partial charge in [-0.05, 0) is 43.7 Å². The fourth-order valence-corrected chi connectivity index (χ4v) is 3.59. The number of nitrogen functional groups attached to an aromatic ring is 1. The number of anilines is 1. The Balaban J connectivity index is 1.68.